The average Bonchev–Trinajstić information content (AvgIpc) is 3.12. The van der Waals surface area contributed by atoms with Crippen LogP contribution in [0.5, 0.6) is 0 Å². The average molecular weight is 380 g/mol. The largest absolute Gasteiger partial charge is 0.381 e. The minimum atomic E-state index is -0.798. The van der Waals surface area contributed by atoms with Gasteiger partial charge in [-0.3, -0.25) is 4.79 Å². The van der Waals surface area contributed by atoms with Crippen molar-refractivity contribution in [2.75, 3.05) is 25.2 Å². The highest BCUT2D eigenvalue weighted by Gasteiger charge is 2.45. The number of likely N-dealkylation sites (N-methyl/N-ethyl adjacent to an activating group) is 1. The third kappa shape index (κ3) is 2.88. The summed E-state index contributed by atoms with van der Waals surface area (Å²) in [6.07, 6.45) is 2.60. The zero-order valence-corrected chi connectivity index (χ0v) is 14.7. The summed E-state index contributed by atoms with van der Waals surface area (Å²) in [7, 11) is 1.78. The molecule has 122 valence electrons. The van der Waals surface area contributed by atoms with E-state index < -0.39 is 5.54 Å². The van der Waals surface area contributed by atoms with Gasteiger partial charge in [-0.2, -0.15) is 0 Å². The maximum Gasteiger partial charge on any atom is 0.255 e. The highest BCUT2D eigenvalue weighted by molar-refractivity contribution is 9.10. The molecule has 1 saturated heterocycles. The quantitative estimate of drug-likeness (QED) is 0.814. The van der Waals surface area contributed by atoms with Gasteiger partial charge in [0.25, 0.3) is 5.91 Å². The summed E-state index contributed by atoms with van der Waals surface area (Å²) < 4.78 is 7.97. The Morgan fingerprint density at radius 2 is 2.13 bits per heavy atom. The van der Waals surface area contributed by atoms with E-state index in [1.54, 1.807) is 16.6 Å². The molecule has 0 atom stereocenters. The molecule has 1 amide bonds. The molecule has 7 nitrogen and oxygen atoms in total. The van der Waals surface area contributed by atoms with E-state index in [0.29, 0.717) is 26.1 Å². The van der Waals surface area contributed by atoms with E-state index in [0.717, 1.165) is 15.7 Å². The lowest BCUT2D eigenvalue weighted by Gasteiger charge is -2.37. The lowest BCUT2D eigenvalue weighted by Crippen LogP contribution is -2.53. The van der Waals surface area contributed by atoms with Gasteiger partial charge in [-0.25, -0.2) is 4.68 Å². The molecule has 23 heavy (non-hydrogen) atoms. The Bertz CT molecular complexity index is 698. The first-order valence-corrected chi connectivity index (χ1v) is 8.19. The molecule has 0 bridgehead atoms. The van der Waals surface area contributed by atoms with Gasteiger partial charge in [-0.1, -0.05) is 22.0 Å². The van der Waals surface area contributed by atoms with Crippen LogP contribution in [0, 0.1) is 6.92 Å². The highest BCUT2D eigenvalue weighted by Crippen LogP contribution is 2.32. The number of nitrogens with zero attached hydrogens (tertiary/aromatic N) is 5. The van der Waals surface area contributed by atoms with Gasteiger partial charge in [0.2, 0.25) is 0 Å². The number of amides is 1. The van der Waals surface area contributed by atoms with Crippen LogP contribution in [-0.2, 0) is 15.1 Å². The van der Waals surface area contributed by atoms with Crippen molar-refractivity contribution in [3.05, 3.63) is 34.6 Å². The number of hydrogen-bond donors (Lipinski definition) is 0. The minimum Gasteiger partial charge on any atom is -0.381 e. The lowest BCUT2D eigenvalue weighted by molar-refractivity contribution is -0.132. The van der Waals surface area contributed by atoms with Crippen molar-refractivity contribution >= 4 is 27.5 Å². The Morgan fingerprint density at radius 3 is 2.74 bits per heavy atom. The van der Waals surface area contributed by atoms with Gasteiger partial charge in [-0.05, 0) is 35.0 Å². The van der Waals surface area contributed by atoms with Gasteiger partial charge in [0.15, 0.2) is 0 Å². The van der Waals surface area contributed by atoms with Crippen LogP contribution in [0.2, 0.25) is 0 Å². The first-order chi connectivity index (χ1) is 11.0. The monoisotopic (exact) mass is 379 g/mol. The normalized spacial score (nSPS) is 17.0. The number of aryl methyl sites for hydroxylation is 1. The molecule has 1 aliphatic rings. The molecule has 0 spiro atoms. The van der Waals surface area contributed by atoms with Crippen molar-refractivity contribution in [2.24, 2.45) is 0 Å². The van der Waals surface area contributed by atoms with Crippen LogP contribution in [0.4, 0.5) is 5.69 Å². The second kappa shape index (κ2) is 6.37. The predicted octanol–water partition coefficient (Wildman–Crippen LogP) is 1.91. The van der Waals surface area contributed by atoms with E-state index in [2.05, 4.69) is 31.5 Å². The van der Waals surface area contributed by atoms with Crippen molar-refractivity contribution in [3.8, 4) is 0 Å². The fourth-order valence-electron chi connectivity index (χ4n) is 2.83. The second-order valence-electron chi connectivity index (χ2n) is 5.70. The molecule has 2 heterocycles. The number of hydrogen-bond acceptors (Lipinski definition) is 5. The molecule has 1 aromatic heterocycles. The van der Waals surface area contributed by atoms with Crippen molar-refractivity contribution < 1.29 is 9.53 Å². The summed E-state index contributed by atoms with van der Waals surface area (Å²) in [6.45, 7) is 3.03. The van der Waals surface area contributed by atoms with E-state index in [1.165, 1.54) is 6.33 Å². The maximum absolute atomic E-state index is 13.3. The third-order valence-corrected chi connectivity index (χ3v) is 5.21. The molecular formula is C15H18BrN5O2. The van der Waals surface area contributed by atoms with E-state index in [9.17, 15) is 4.79 Å². The van der Waals surface area contributed by atoms with Crippen LogP contribution in [0.3, 0.4) is 0 Å². The number of benzene rings is 1. The standard InChI is InChI=1S/C15H18BrN5O2/c1-11-3-4-12(9-13(11)16)20(2)14(22)15(5-7-23-8-6-15)21-10-17-18-19-21/h3-4,9-10H,5-8H2,1-2H3. The Kier molecular flexibility index (Phi) is 4.45. The van der Waals surface area contributed by atoms with Gasteiger partial charge in [-0.15, -0.1) is 5.10 Å². The van der Waals surface area contributed by atoms with Crippen LogP contribution < -0.4 is 4.90 Å². The van der Waals surface area contributed by atoms with E-state index >= 15 is 0 Å². The van der Waals surface area contributed by atoms with Gasteiger partial charge >= 0.3 is 0 Å². The van der Waals surface area contributed by atoms with Crippen LogP contribution in [0.25, 0.3) is 0 Å². The fourth-order valence-corrected chi connectivity index (χ4v) is 3.19. The number of halogens is 1. The number of anilines is 1. The summed E-state index contributed by atoms with van der Waals surface area (Å²) in [5, 5.41) is 11.4. The summed E-state index contributed by atoms with van der Waals surface area (Å²) >= 11 is 3.52. The molecule has 1 fully saturated rings. The summed E-state index contributed by atoms with van der Waals surface area (Å²) in [6, 6.07) is 5.86. The molecule has 0 saturated carbocycles. The van der Waals surface area contributed by atoms with Gasteiger partial charge in [0.1, 0.15) is 11.9 Å². The van der Waals surface area contributed by atoms with Crippen LogP contribution in [0.1, 0.15) is 18.4 Å². The van der Waals surface area contributed by atoms with Crippen molar-refractivity contribution in [2.45, 2.75) is 25.3 Å². The van der Waals surface area contributed by atoms with Crippen molar-refractivity contribution in [1.29, 1.82) is 0 Å². The van der Waals surface area contributed by atoms with Crippen LogP contribution >= 0.6 is 15.9 Å². The second-order valence-corrected chi connectivity index (χ2v) is 6.55. The topological polar surface area (TPSA) is 73.1 Å². The lowest BCUT2D eigenvalue weighted by atomic mass is 9.88. The fraction of sp³-hybridized carbons (Fsp3) is 0.467. The summed E-state index contributed by atoms with van der Waals surface area (Å²) in [4.78, 5) is 14.9. The molecule has 1 aliphatic heterocycles. The number of rotatable bonds is 3. The number of carbonyl (C=O) groups excluding carboxylic acids is 1. The maximum atomic E-state index is 13.3. The van der Waals surface area contributed by atoms with E-state index in [4.69, 9.17) is 4.74 Å². The molecule has 0 N–H and O–H groups in total. The number of ether oxygens (including phenoxy) is 1. The first kappa shape index (κ1) is 16.1. The molecule has 8 heteroatoms. The van der Waals surface area contributed by atoms with Crippen molar-refractivity contribution in [3.63, 3.8) is 0 Å². The molecule has 0 radical (unpaired) electrons. The number of carbonyl (C=O) groups is 1. The molecule has 3 rings (SSSR count). The Balaban J connectivity index is 1.96. The summed E-state index contributed by atoms with van der Waals surface area (Å²) in [5.41, 5.74) is 1.15. The minimum absolute atomic E-state index is 0.0381. The molecule has 0 unspecified atom stereocenters. The van der Waals surface area contributed by atoms with Crippen LogP contribution in [-0.4, -0.2) is 46.4 Å². The predicted molar refractivity (Wildman–Crippen MR) is 88.1 cm³/mol. The zero-order chi connectivity index (χ0) is 16.4. The number of aromatic nitrogens is 4. The zero-order valence-electron chi connectivity index (χ0n) is 13.1. The SMILES string of the molecule is Cc1ccc(N(C)C(=O)C2(n3cnnn3)CCOCC2)cc1Br. The molecule has 0 aliphatic carbocycles. The highest BCUT2D eigenvalue weighted by atomic mass is 79.9. The third-order valence-electron chi connectivity index (χ3n) is 4.35. The molecular weight excluding hydrogens is 362 g/mol. The van der Waals surface area contributed by atoms with Gasteiger partial charge < -0.3 is 9.64 Å². The van der Waals surface area contributed by atoms with Gasteiger partial charge in [0, 0.05) is 43.3 Å². The van der Waals surface area contributed by atoms with E-state index in [1.807, 2.05) is 25.1 Å². The van der Waals surface area contributed by atoms with Gasteiger partial charge in [0.05, 0.1) is 0 Å². The number of tetrazole rings is 1. The Morgan fingerprint density at radius 1 is 1.39 bits per heavy atom. The molecule has 1 aromatic carbocycles. The van der Waals surface area contributed by atoms with Crippen molar-refractivity contribution in [1.82, 2.24) is 20.2 Å². The van der Waals surface area contributed by atoms with E-state index in [-0.39, 0.29) is 5.91 Å². The molecule has 2 aromatic rings. The van der Waals surface area contributed by atoms with Crippen LogP contribution in [0.15, 0.2) is 29.0 Å². The smallest absolute Gasteiger partial charge is 0.255 e. The first-order valence-electron chi connectivity index (χ1n) is 7.40. The summed E-state index contributed by atoms with van der Waals surface area (Å²) in [5.74, 6) is -0.0381. The Hall–Kier alpha value is -1.80. The Labute approximate surface area is 142 Å².